The summed E-state index contributed by atoms with van der Waals surface area (Å²) in [5, 5.41) is 12.1. The molecule has 1 N–H and O–H groups in total. The molecule has 3 aliphatic carbocycles. The number of oxime groups is 1. The normalized spacial score (nSPS) is 47.2. The molecule has 3 aliphatic rings. The first kappa shape index (κ1) is 8.09. The zero-order valence-corrected chi connectivity index (χ0v) is 8.04. The van der Waals surface area contributed by atoms with Gasteiger partial charge in [-0.15, -0.1) is 0 Å². The van der Waals surface area contributed by atoms with Crippen molar-refractivity contribution in [3.63, 3.8) is 0 Å². The molecule has 0 spiro atoms. The van der Waals surface area contributed by atoms with Crippen LogP contribution in [0, 0.1) is 23.2 Å². The van der Waals surface area contributed by atoms with Gasteiger partial charge in [0.2, 0.25) is 0 Å². The molecular weight excluding hydrogens is 150 g/mol. The lowest BCUT2D eigenvalue weighted by Gasteiger charge is -2.59. The second-order valence-corrected chi connectivity index (χ2v) is 4.94. The Morgan fingerprint density at radius 2 is 2.17 bits per heavy atom. The molecule has 0 aromatic rings. The van der Waals surface area contributed by atoms with E-state index in [1.54, 1.807) is 0 Å². The van der Waals surface area contributed by atoms with Gasteiger partial charge in [-0.2, -0.15) is 0 Å². The fourth-order valence-electron chi connectivity index (χ4n) is 3.05. The van der Waals surface area contributed by atoms with Crippen LogP contribution in [-0.2, 0) is 0 Å². The first-order valence-corrected chi connectivity index (χ1v) is 4.78. The van der Waals surface area contributed by atoms with Crippen molar-refractivity contribution >= 4 is 5.71 Å². The molecule has 2 bridgehead atoms. The van der Waals surface area contributed by atoms with Crippen LogP contribution in [0.2, 0.25) is 0 Å². The van der Waals surface area contributed by atoms with E-state index in [1.165, 1.54) is 6.42 Å². The molecule has 0 heterocycles. The number of hydrogen-bond donors (Lipinski definition) is 1. The molecule has 68 valence electrons. The summed E-state index contributed by atoms with van der Waals surface area (Å²) in [4.78, 5) is 0. The molecule has 3 rings (SSSR count). The minimum atomic E-state index is 0.494. The molecule has 2 nitrogen and oxygen atoms in total. The predicted molar refractivity (Wildman–Crippen MR) is 48.4 cm³/mol. The Kier molecular flexibility index (Phi) is 1.51. The van der Waals surface area contributed by atoms with Gasteiger partial charge in [0.05, 0.1) is 5.71 Å². The lowest BCUT2D eigenvalue weighted by molar-refractivity contribution is -0.0534. The first-order chi connectivity index (χ1) is 5.57. The fourth-order valence-corrected chi connectivity index (χ4v) is 3.05. The summed E-state index contributed by atoms with van der Waals surface area (Å²) in [5.41, 5.74) is 1.52. The maximum Gasteiger partial charge on any atom is 0.0604 e. The van der Waals surface area contributed by atoms with Gasteiger partial charge in [-0.25, -0.2) is 0 Å². The number of rotatable bonds is 0. The van der Waals surface area contributed by atoms with Gasteiger partial charge in [-0.1, -0.05) is 25.9 Å². The molecule has 0 aromatic carbocycles. The third-order valence-corrected chi connectivity index (χ3v) is 4.26. The van der Waals surface area contributed by atoms with Crippen molar-refractivity contribution in [2.75, 3.05) is 0 Å². The summed E-state index contributed by atoms with van der Waals surface area (Å²) < 4.78 is 0. The van der Waals surface area contributed by atoms with E-state index >= 15 is 0 Å². The van der Waals surface area contributed by atoms with E-state index in [-0.39, 0.29) is 0 Å². The molecule has 3 atom stereocenters. The Morgan fingerprint density at radius 1 is 1.50 bits per heavy atom. The lowest BCUT2D eigenvalue weighted by atomic mass is 9.45. The van der Waals surface area contributed by atoms with Crippen LogP contribution < -0.4 is 0 Å². The van der Waals surface area contributed by atoms with Crippen molar-refractivity contribution in [3.8, 4) is 0 Å². The standard InChI is InChI=1S/C10H17NO/c1-6-8-4-7(10(8,2)3)5-9(6)11-12/h6-8,12H,4-5H2,1-3H3/b11-9-/t6-,7-,8-/m1/s1. The van der Waals surface area contributed by atoms with Crippen LogP contribution >= 0.6 is 0 Å². The highest BCUT2D eigenvalue weighted by Crippen LogP contribution is 2.60. The monoisotopic (exact) mass is 167 g/mol. The largest absolute Gasteiger partial charge is 0.411 e. The molecule has 3 saturated carbocycles. The Bertz CT molecular complexity index is 232. The van der Waals surface area contributed by atoms with Gasteiger partial charge in [0.1, 0.15) is 0 Å². The Morgan fingerprint density at radius 3 is 2.58 bits per heavy atom. The first-order valence-electron chi connectivity index (χ1n) is 4.78. The maximum atomic E-state index is 8.76. The zero-order valence-electron chi connectivity index (χ0n) is 8.04. The van der Waals surface area contributed by atoms with Gasteiger partial charge in [0, 0.05) is 5.92 Å². The minimum Gasteiger partial charge on any atom is -0.411 e. The molecule has 0 amide bonds. The number of nitrogens with zero attached hydrogens (tertiary/aromatic N) is 1. The SMILES string of the molecule is C[C@H]1/C(=N\O)C[C@H]2C[C@H]1C2(C)C. The Balaban J connectivity index is 2.22. The van der Waals surface area contributed by atoms with Crippen LogP contribution in [0.1, 0.15) is 33.6 Å². The van der Waals surface area contributed by atoms with Crippen molar-refractivity contribution in [2.24, 2.45) is 28.3 Å². The van der Waals surface area contributed by atoms with Gasteiger partial charge in [0.25, 0.3) is 0 Å². The van der Waals surface area contributed by atoms with E-state index in [2.05, 4.69) is 25.9 Å². The molecule has 0 unspecified atom stereocenters. The topological polar surface area (TPSA) is 32.6 Å². The predicted octanol–water partition coefficient (Wildman–Crippen LogP) is 2.52. The van der Waals surface area contributed by atoms with E-state index in [0.717, 1.165) is 24.0 Å². The molecule has 3 fully saturated rings. The van der Waals surface area contributed by atoms with Gasteiger partial charge in [-0.05, 0) is 30.1 Å². The van der Waals surface area contributed by atoms with Crippen LogP contribution in [0.25, 0.3) is 0 Å². The van der Waals surface area contributed by atoms with Crippen molar-refractivity contribution in [1.29, 1.82) is 0 Å². The fraction of sp³-hybridized carbons (Fsp3) is 0.900. The smallest absolute Gasteiger partial charge is 0.0604 e. The van der Waals surface area contributed by atoms with Crippen LogP contribution in [0.4, 0.5) is 0 Å². The molecule has 2 heteroatoms. The van der Waals surface area contributed by atoms with Crippen molar-refractivity contribution < 1.29 is 5.21 Å². The summed E-state index contributed by atoms with van der Waals surface area (Å²) in [6.07, 6.45) is 2.36. The second kappa shape index (κ2) is 2.24. The van der Waals surface area contributed by atoms with Gasteiger partial charge >= 0.3 is 0 Å². The number of hydrogen-bond acceptors (Lipinski definition) is 2. The summed E-state index contributed by atoms with van der Waals surface area (Å²) in [7, 11) is 0. The average molecular weight is 167 g/mol. The van der Waals surface area contributed by atoms with E-state index in [0.29, 0.717) is 11.3 Å². The van der Waals surface area contributed by atoms with Crippen LogP contribution in [0.3, 0.4) is 0 Å². The highest BCUT2D eigenvalue weighted by Gasteiger charge is 2.55. The average Bonchev–Trinajstić information content (AvgIpc) is 2.03. The van der Waals surface area contributed by atoms with E-state index in [4.69, 9.17) is 5.21 Å². The van der Waals surface area contributed by atoms with Crippen molar-refractivity contribution in [3.05, 3.63) is 0 Å². The third kappa shape index (κ3) is 0.782. The molecule has 0 aliphatic heterocycles. The van der Waals surface area contributed by atoms with E-state index in [1.807, 2.05) is 0 Å². The van der Waals surface area contributed by atoms with Crippen LogP contribution in [-0.4, -0.2) is 10.9 Å². The summed E-state index contributed by atoms with van der Waals surface area (Å²) in [5.74, 6) is 2.02. The van der Waals surface area contributed by atoms with Gasteiger partial charge < -0.3 is 5.21 Å². The van der Waals surface area contributed by atoms with Gasteiger partial charge in [-0.3, -0.25) is 0 Å². The summed E-state index contributed by atoms with van der Waals surface area (Å²) in [6.45, 7) is 6.88. The quantitative estimate of drug-likeness (QED) is 0.436. The van der Waals surface area contributed by atoms with Gasteiger partial charge in [0.15, 0.2) is 0 Å². The third-order valence-electron chi connectivity index (χ3n) is 4.26. The summed E-state index contributed by atoms with van der Waals surface area (Å²) >= 11 is 0. The van der Waals surface area contributed by atoms with E-state index < -0.39 is 0 Å². The highest BCUT2D eigenvalue weighted by molar-refractivity contribution is 5.88. The number of fused-ring (bicyclic) bond motifs is 2. The molecule has 0 radical (unpaired) electrons. The highest BCUT2D eigenvalue weighted by atomic mass is 16.4. The van der Waals surface area contributed by atoms with Crippen molar-refractivity contribution in [1.82, 2.24) is 0 Å². The van der Waals surface area contributed by atoms with Crippen molar-refractivity contribution in [2.45, 2.75) is 33.6 Å². The van der Waals surface area contributed by atoms with Crippen LogP contribution in [0.15, 0.2) is 5.16 Å². The lowest BCUT2D eigenvalue weighted by Crippen LogP contribution is -2.55. The molecule has 12 heavy (non-hydrogen) atoms. The zero-order chi connectivity index (χ0) is 8.93. The molecular formula is C10H17NO. The second-order valence-electron chi connectivity index (χ2n) is 4.94. The molecule has 0 saturated heterocycles. The van der Waals surface area contributed by atoms with Crippen LogP contribution in [0.5, 0.6) is 0 Å². The minimum absolute atomic E-state index is 0.494. The van der Waals surface area contributed by atoms with E-state index in [9.17, 15) is 0 Å². The Labute approximate surface area is 73.7 Å². The molecule has 0 aromatic heterocycles. The Hall–Kier alpha value is -0.530. The summed E-state index contributed by atoms with van der Waals surface area (Å²) in [6, 6.07) is 0. The maximum absolute atomic E-state index is 8.76.